The molecule has 172 valence electrons. The van der Waals surface area contributed by atoms with Crippen LogP contribution in [0.15, 0.2) is 0 Å². The molecule has 0 aromatic heterocycles. The molecule has 0 aromatic rings. The van der Waals surface area contributed by atoms with E-state index in [1.54, 1.807) is 0 Å². The lowest BCUT2D eigenvalue weighted by Gasteiger charge is -2.43. The molecule has 0 aliphatic carbocycles. The van der Waals surface area contributed by atoms with Gasteiger partial charge in [0.15, 0.2) is 0 Å². The van der Waals surface area contributed by atoms with E-state index in [1.165, 1.54) is 58.8 Å². The number of rotatable bonds is 1. The van der Waals surface area contributed by atoms with E-state index < -0.39 is 0 Å². The molecule has 3 rings (SSSR count). The van der Waals surface area contributed by atoms with Crippen LogP contribution in [0.5, 0.6) is 0 Å². The molecule has 3 aliphatic heterocycles. The SMILES string of the molecule is CCC.COC(=O)N1CCC(N2CC(C)CC(C)C2)CC1.C[C@@H]1CCCCN1C. The second-order valence-electron chi connectivity index (χ2n) is 9.62. The monoisotopic (exact) mass is 411 g/mol. The van der Waals surface area contributed by atoms with Gasteiger partial charge in [0.25, 0.3) is 0 Å². The Labute approximate surface area is 181 Å². The zero-order valence-electron chi connectivity index (χ0n) is 20.5. The van der Waals surface area contributed by atoms with Crippen molar-refractivity contribution in [3.63, 3.8) is 0 Å². The van der Waals surface area contributed by atoms with Crippen LogP contribution in [0.2, 0.25) is 0 Å². The van der Waals surface area contributed by atoms with Crippen LogP contribution in [0.25, 0.3) is 0 Å². The number of nitrogens with zero attached hydrogens (tertiary/aromatic N) is 3. The van der Waals surface area contributed by atoms with Crippen LogP contribution in [0.1, 0.15) is 79.6 Å². The lowest BCUT2D eigenvalue weighted by molar-refractivity contribution is 0.0503. The number of hydrogen-bond donors (Lipinski definition) is 0. The standard InChI is InChI=1S/C14H26N2O2.C7H15N.C3H8/c1-11-8-12(2)10-16(9-11)13-4-6-15(7-5-13)14(17)18-3;1-7-5-3-4-6-8(7)2;1-3-2/h11-13H,4-10H2,1-3H3;7H,3-6H2,1-2H3;3H2,1-2H3/t;7-;/m.1./s1. The number of hydrogen-bond acceptors (Lipinski definition) is 4. The Morgan fingerprint density at radius 2 is 1.48 bits per heavy atom. The van der Waals surface area contributed by atoms with E-state index in [1.807, 2.05) is 4.90 Å². The quantitative estimate of drug-likeness (QED) is 0.601. The lowest BCUT2D eigenvalue weighted by atomic mass is 9.89. The molecule has 29 heavy (non-hydrogen) atoms. The normalized spacial score (nSPS) is 29.2. The summed E-state index contributed by atoms with van der Waals surface area (Å²) in [6, 6.07) is 1.50. The zero-order valence-corrected chi connectivity index (χ0v) is 20.5. The minimum Gasteiger partial charge on any atom is -0.453 e. The highest BCUT2D eigenvalue weighted by atomic mass is 16.5. The number of carbonyl (C=O) groups excluding carboxylic acids is 1. The largest absolute Gasteiger partial charge is 0.453 e. The maximum Gasteiger partial charge on any atom is 0.409 e. The van der Waals surface area contributed by atoms with E-state index >= 15 is 0 Å². The molecule has 1 amide bonds. The average Bonchev–Trinajstić information content (AvgIpc) is 2.70. The first-order valence-electron chi connectivity index (χ1n) is 12.1. The summed E-state index contributed by atoms with van der Waals surface area (Å²) in [6.45, 7) is 16.7. The van der Waals surface area contributed by atoms with Gasteiger partial charge in [-0.15, -0.1) is 0 Å². The molecule has 0 radical (unpaired) electrons. The molecule has 3 saturated heterocycles. The van der Waals surface area contributed by atoms with Gasteiger partial charge in [-0.25, -0.2) is 4.79 Å². The van der Waals surface area contributed by atoms with Gasteiger partial charge in [-0.2, -0.15) is 0 Å². The number of piperidine rings is 3. The van der Waals surface area contributed by atoms with Gasteiger partial charge in [0.2, 0.25) is 0 Å². The smallest absolute Gasteiger partial charge is 0.409 e. The molecule has 0 bridgehead atoms. The van der Waals surface area contributed by atoms with Gasteiger partial charge in [-0.05, 0) is 64.5 Å². The van der Waals surface area contributed by atoms with Gasteiger partial charge in [-0.1, -0.05) is 40.5 Å². The Bertz CT molecular complexity index is 418. The summed E-state index contributed by atoms with van der Waals surface area (Å²) in [6.07, 6.45) is 8.86. The van der Waals surface area contributed by atoms with Gasteiger partial charge in [0, 0.05) is 38.3 Å². The third-order valence-corrected chi connectivity index (χ3v) is 6.45. The van der Waals surface area contributed by atoms with E-state index in [2.05, 4.69) is 51.5 Å². The van der Waals surface area contributed by atoms with Crippen molar-refractivity contribution in [1.82, 2.24) is 14.7 Å². The predicted molar refractivity (Wildman–Crippen MR) is 123 cm³/mol. The van der Waals surface area contributed by atoms with E-state index in [0.29, 0.717) is 6.04 Å². The van der Waals surface area contributed by atoms with Gasteiger partial charge in [0.05, 0.1) is 7.11 Å². The summed E-state index contributed by atoms with van der Waals surface area (Å²) < 4.78 is 4.78. The van der Waals surface area contributed by atoms with E-state index in [9.17, 15) is 4.79 Å². The minimum atomic E-state index is -0.172. The Morgan fingerprint density at radius 3 is 1.90 bits per heavy atom. The van der Waals surface area contributed by atoms with Crippen LogP contribution in [0.3, 0.4) is 0 Å². The van der Waals surface area contributed by atoms with E-state index in [4.69, 9.17) is 4.74 Å². The molecule has 0 spiro atoms. The zero-order chi connectivity index (χ0) is 21.8. The first-order chi connectivity index (χ1) is 13.8. The van der Waals surface area contributed by atoms with Crippen molar-refractivity contribution in [2.24, 2.45) is 11.8 Å². The highest BCUT2D eigenvalue weighted by molar-refractivity contribution is 5.67. The van der Waals surface area contributed by atoms with Crippen molar-refractivity contribution < 1.29 is 9.53 Å². The first-order valence-corrected chi connectivity index (χ1v) is 12.1. The summed E-state index contributed by atoms with van der Waals surface area (Å²) in [5.74, 6) is 1.62. The summed E-state index contributed by atoms with van der Waals surface area (Å²) in [4.78, 5) is 18.4. The highest BCUT2D eigenvalue weighted by Crippen LogP contribution is 2.26. The van der Waals surface area contributed by atoms with Gasteiger partial charge >= 0.3 is 6.09 Å². The van der Waals surface area contributed by atoms with Gasteiger partial charge < -0.3 is 14.5 Å². The van der Waals surface area contributed by atoms with E-state index in [-0.39, 0.29) is 6.09 Å². The van der Waals surface area contributed by atoms with Crippen LogP contribution in [0.4, 0.5) is 4.79 Å². The highest BCUT2D eigenvalue weighted by Gasteiger charge is 2.31. The summed E-state index contributed by atoms with van der Waals surface area (Å²) in [7, 11) is 3.67. The molecule has 3 heterocycles. The fourth-order valence-corrected chi connectivity index (χ4v) is 4.79. The molecule has 5 nitrogen and oxygen atoms in total. The van der Waals surface area contributed by atoms with Crippen LogP contribution >= 0.6 is 0 Å². The Hall–Kier alpha value is -0.810. The van der Waals surface area contributed by atoms with Crippen LogP contribution in [0, 0.1) is 11.8 Å². The molecule has 0 saturated carbocycles. The molecule has 5 heteroatoms. The fourth-order valence-electron chi connectivity index (χ4n) is 4.79. The fraction of sp³-hybridized carbons (Fsp3) is 0.958. The number of likely N-dealkylation sites (tertiary alicyclic amines) is 3. The maximum absolute atomic E-state index is 11.4. The number of methoxy groups -OCH3 is 1. The Balaban J connectivity index is 0.000000317. The third kappa shape index (κ3) is 9.69. The molecular weight excluding hydrogens is 362 g/mol. The average molecular weight is 412 g/mol. The number of carbonyl (C=O) groups is 1. The molecule has 0 aromatic carbocycles. The summed E-state index contributed by atoms with van der Waals surface area (Å²) in [5.41, 5.74) is 0. The second-order valence-corrected chi connectivity index (χ2v) is 9.62. The Kier molecular flexibility index (Phi) is 12.9. The minimum absolute atomic E-state index is 0.172. The number of ether oxygens (including phenoxy) is 1. The van der Waals surface area contributed by atoms with Crippen LogP contribution < -0.4 is 0 Å². The molecular formula is C24H49N3O2. The van der Waals surface area contributed by atoms with Gasteiger partial charge in [0.1, 0.15) is 0 Å². The van der Waals surface area contributed by atoms with E-state index in [0.717, 1.165) is 43.8 Å². The summed E-state index contributed by atoms with van der Waals surface area (Å²) in [5, 5.41) is 0. The predicted octanol–water partition coefficient (Wildman–Crippen LogP) is 5.10. The third-order valence-electron chi connectivity index (χ3n) is 6.45. The van der Waals surface area contributed by atoms with Gasteiger partial charge in [-0.3, -0.25) is 4.90 Å². The van der Waals surface area contributed by atoms with Crippen molar-refractivity contribution in [2.75, 3.05) is 46.9 Å². The van der Waals surface area contributed by atoms with Crippen molar-refractivity contribution >= 4 is 6.09 Å². The number of amides is 1. The lowest BCUT2D eigenvalue weighted by Crippen LogP contribution is -2.50. The Morgan fingerprint density at radius 1 is 0.931 bits per heavy atom. The maximum atomic E-state index is 11.4. The van der Waals surface area contributed by atoms with Crippen LogP contribution in [-0.2, 0) is 4.74 Å². The van der Waals surface area contributed by atoms with Crippen molar-refractivity contribution in [1.29, 1.82) is 0 Å². The topological polar surface area (TPSA) is 36.0 Å². The van der Waals surface area contributed by atoms with Crippen molar-refractivity contribution in [3.05, 3.63) is 0 Å². The second kappa shape index (κ2) is 14.2. The molecule has 3 fully saturated rings. The van der Waals surface area contributed by atoms with Crippen molar-refractivity contribution in [3.8, 4) is 0 Å². The van der Waals surface area contributed by atoms with Crippen LogP contribution in [-0.4, -0.2) is 79.8 Å². The summed E-state index contributed by atoms with van der Waals surface area (Å²) >= 11 is 0. The molecule has 2 unspecified atom stereocenters. The molecule has 3 atom stereocenters. The molecule has 0 N–H and O–H groups in total. The van der Waals surface area contributed by atoms with Crippen molar-refractivity contribution in [2.45, 2.75) is 91.6 Å². The first kappa shape index (κ1) is 26.2. The molecule has 3 aliphatic rings.